The Balaban J connectivity index is 2.16. The van der Waals surface area contributed by atoms with Gasteiger partial charge in [-0.25, -0.2) is 0 Å². The van der Waals surface area contributed by atoms with Crippen LogP contribution in [0.4, 0.5) is 0 Å². The topological polar surface area (TPSA) is 17.1 Å². The van der Waals surface area contributed by atoms with E-state index in [1.54, 1.807) is 11.8 Å². The molecule has 0 aromatic rings. The van der Waals surface area contributed by atoms with Crippen molar-refractivity contribution in [2.75, 3.05) is 5.75 Å². The van der Waals surface area contributed by atoms with Crippen molar-refractivity contribution < 1.29 is 4.79 Å². The molecule has 0 aromatic heterocycles. The summed E-state index contributed by atoms with van der Waals surface area (Å²) in [5, 5.41) is 2.06. The van der Waals surface area contributed by atoms with Gasteiger partial charge in [-0.15, -0.1) is 23.5 Å². The summed E-state index contributed by atoms with van der Waals surface area (Å²) in [5.41, 5.74) is 0. The van der Waals surface area contributed by atoms with Gasteiger partial charge in [-0.3, -0.25) is 4.79 Å². The molecule has 2 unspecified atom stereocenters. The van der Waals surface area contributed by atoms with Gasteiger partial charge in [0.2, 0.25) is 0 Å². The van der Waals surface area contributed by atoms with Crippen LogP contribution in [0.1, 0.15) is 6.42 Å². The zero-order chi connectivity index (χ0) is 6.97. The zero-order valence-electron chi connectivity index (χ0n) is 5.45. The van der Waals surface area contributed by atoms with Gasteiger partial charge in [0.15, 0.2) is 0 Å². The number of carbonyl (C=O) groups excluding carboxylic acids is 1. The number of hydrogen-bond donors (Lipinski definition) is 0. The van der Waals surface area contributed by atoms with Crippen molar-refractivity contribution in [3.63, 3.8) is 0 Å². The second kappa shape index (κ2) is 2.62. The first-order valence-corrected chi connectivity index (χ1v) is 5.33. The van der Waals surface area contributed by atoms with Gasteiger partial charge >= 0.3 is 0 Å². The molecule has 1 nitrogen and oxygen atoms in total. The highest BCUT2D eigenvalue weighted by atomic mass is 32.2. The highest BCUT2D eigenvalue weighted by Gasteiger charge is 2.33. The SMILES string of the molecule is O=C1CCSC2SC=CC12. The first-order chi connectivity index (χ1) is 4.88. The number of thioether (sulfide) groups is 2. The van der Waals surface area contributed by atoms with E-state index in [9.17, 15) is 4.79 Å². The third-order valence-corrected chi connectivity index (χ3v) is 4.47. The zero-order valence-corrected chi connectivity index (χ0v) is 7.08. The van der Waals surface area contributed by atoms with E-state index in [1.165, 1.54) is 0 Å². The number of rotatable bonds is 0. The van der Waals surface area contributed by atoms with Crippen LogP contribution < -0.4 is 0 Å². The van der Waals surface area contributed by atoms with Crippen molar-refractivity contribution in [1.29, 1.82) is 0 Å². The molecule has 0 radical (unpaired) electrons. The lowest BCUT2D eigenvalue weighted by atomic mass is 10.0. The Labute approximate surface area is 68.6 Å². The van der Waals surface area contributed by atoms with Crippen LogP contribution in [-0.4, -0.2) is 16.1 Å². The Morgan fingerprint density at radius 3 is 3.30 bits per heavy atom. The maximum Gasteiger partial charge on any atom is 0.142 e. The molecule has 1 fully saturated rings. The van der Waals surface area contributed by atoms with E-state index in [1.807, 2.05) is 17.8 Å². The molecule has 10 heavy (non-hydrogen) atoms. The van der Waals surface area contributed by atoms with E-state index in [2.05, 4.69) is 5.41 Å². The number of carbonyl (C=O) groups is 1. The maximum absolute atomic E-state index is 11.2. The van der Waals surface area contributed by atoms with Crippen molar-refractivity contribution in [3.05, 3.63) is 11.5 Å². The lowest BCUT2D eigenvalue weighted by molar-refractivity contribution is -0.120. The highest BCUT2D eigenvalue weighted by Crippen LogP contribution is 2.42. The molecule has 54 valence electrons. The molecule has 0 N–H and O–H groups in total. The molecule has 0 aliphatic carbocycles. The average Bonchev–Trinajstić information content (AvgIpc) is 2.36. The van der Waals surface area contributed by atoms with Gasteiger partial charge in [-0.1, -0.05) is 6.08 Å². The fourth-order valence-corrected chi connectivity index (χ4v) is 3.85. The van der Waals surface area contributed by atoms with Gasteiger partial charge in [0.05, 0.1) is 10.5 Å². The number of fused-ring (bicyclic) bond motifs is 1. The highest BCUT2D eigenvalue weighted by molar-refractivity contribution is 8.18. The predicted octanol–water partition coefficient (Wildman–Crippen LogP) is 1.90. The lowest BCUT2D eigenvalue weighted by Crippen LogP contribution is -2.24. The second-order valence-corrected chi connectivity index (χ2v) is 5.05. The normalized spacial score (nSPS) is 38.2. The molecule has 1 saturated heterocycles. The van der Waals surface area contributed by atoms with E-state index in [0.29, 0.717) is 10.4 Å². The Morgan fingerprint density at radius 2 is 2.50 bits per heavy atom. The molecular weight excluding hydrogens is 164 g/mol. The molecule has 2 atom stereocenters. The minimum atomic E-state index is 0.240. The summed E-state index contributed by atoms with van der Waals surface area (Å²) >= 11 is 3.71. The number of ketones is 1. The van der Waals surface area contributed by atoms with Gasteiger partial charge in [0.1, 0.15) is 5.78 Å². The van der Waals surface area contributed by atoms with Crippen LogP contribution in [0.3, 0.4) is 0 Å². The Hall–Kier alpha value is 0.110. The van der Waals surface area contributed by atoms with Crippen molar-refractivity contribution in [3.8, 4) is 0 Å². The van der Waals surface area contributed by atoms with Gasteiger partial charge in [0.25, 0.3) is 0 Å². The molecule has 2 rings (SSSR count). The smallest absolute Gasteiger partial charge is 0.142 e. The van der Waals surface area contributed by atoms with E-state index in [-0.39, 0.29) is 5.92 Å². The monoisotopic (exact) mass is 172 g/mol. The summed E-state index contributed by atoms with van der Waals surface area (Å²) < 4.78 is 0.515. The minimum absolute atomic E-state index is 0.240. The summed E-state index contributed by atoms with van der Waals surface area (Å²) in [5.74, 6) is 1.70. The largest absolute Gasteiger partial charge is 0.299 e. The summed E-state index contributed by atoms with van der Waals surface area (Å²) in [7, 11) is 0. The molecule has 3 heteroatoms. The van der Waals surface area contributed by atoms with Crippen LogP contribution in [0.5, 0.6) is 0 Å². The van der Waals surface area contributed by atoms with Crippen LogP contribution in [-0.2, 0) is 4.79 Å². The molecule has 0 amide bonds. The lowest BCUT2D eigenvalue weighted by Gasteiger charge is -2.21. The number of allylic oxidation sites excluding steroid dienone is 1. The standard InChI is InChI=1S/C7H8OS2/c8-6-2-4-10-7-5(6)1-3-9-7/h1,3,5,7H,2,4H2. The molecule has 2 heterocycles. The quantitative estimate of drug-likeness (QED) is 0.555. The van der Waals surface area contributed by atoms with Crippen molar-refractivity contribution in [2.24, 2.45) is 5.92 Å². The maximum atomic E-state index is 11.2. The predicted molar refractivity (Wildman–Crippen MR) is 46.1 cm³/mol. The molecule has 0 spiro atoms. The van der Waals surface area contributed by atoms with Crippen molar-refractivity contribution in [1.82, 2.24) is 0 Å². The van der Waals surface area contributed by atoms with Gasteiger partial charge < -0.3 is 0 Å². The van der Waals surface area contributed by atoms with Crippen molar-refractivity contribution in [2.45, 2.75) is 11.0 Å². The summed E-state index contributed by atoms with van der Waals surface area (Å²) in [6, 6.07) is 0. The first-order valence-electron chi connectivity index (χ1n) is 3.34. The molecular formula is C7H8OS2. The first kappa shape index (κ1) is 6.80. The van der Waals surface area contributed by atoms with Crippen LogP contribution in [0.15, 0.2) is 11.5 Å². The fourth-order valence-electron chi connectivity index (χ4n) is 1.23. The van der Waals surface area contributed by atoms with Crippen molar-refractivity contribution >= 4 is 29.3 Å². The molecule has 0 aromatic carbocycles. The summed E-state index contributed by atoms with van der Waals surface area (Å²) in [4.78, 5) is 11.2. The van der Waals surface area contributed by atoms with E-state index in [0.717, 1.165) is 12.2 Å². The van der Waals surface area contributed by atoms with Crippen LogP contribution in [0, 0.1) is 5.92 Å². The minimum Gasteiger partial charge on any atom is -0.299 e. The Morgan fingerprint density at radius 1 is 1.60 bits per heavy atom. The van der Waals surface area contributed by atoms with Crippen LogP contribution in [0.25, 0.3) is 0 Å². The van der Waals surface area contributed by atoms with Gasteiger partial charge in [0, 0.05) is 12.2 Å². The molecule has 2 aliphatic rings. The van der Waals surface area contributed by atoms with E-state index in [4.69, 9.17) is 0 Å². The van der Waals surface area contributed by atoms with Crippen LogP contribution in [0.2, 0.25) is 0 Å². The third-order valence-electron chi connectivity index (χ3n) is 1.79. The summed E-state index contributed by atoms with van der Waals surface area (Å²) in [6.07, 6.45) is 2.82. The molecule has 0 bridgehead atoms. The molecule has 0 saturated carbocycles. The van der Waals surface area contributed by atoms with Gasteiger partial charge in [-0.05, 0) is 5.41 Å². The Bertz CT molecular complexity index is 188. The molecule has 2 aliphatic heterocycles. The van der Waals surface area contributed by atoms with E-state index < -0.39 is 0 Å². The Kier molecular flexibility index (Phi) is 1.78. The van der Waals surface area contributed by atoms with E-state index >= 15 is 0 Å². The fraction of sp³-hybridized carbons (Fsp3) is 0.571. The van der Waals surface area contributed by atoms with Gasteiger partial charge in [-0.2, -0.15) is 0 Å². The number of hydrogen-bond acceptors (Lipinski definition) is 3. The average molecular weight is 172 g/mol. The van der Waals surface area contributed by atoms with Crippen LogP contribution >= 0.6 is 23.5 Å². The third kappa shape index (κ3) is 1.01. The number of Topliss-reactive ketones (excluding diaryl/α,β-unsaturated/α-hetero) is 1. The summed E-state index contributed by atoms with van der Waals surface area (Å²) in [6.45, 7) is 0. The second-order valence-electron chi connectivity index (χ2n) is 2.45.